The highest BCUT2D eigenvalue weighted by atomic mass is 32.2. The summed E-state index contributed by atoms with van der Waals surface area (Å²) in [5.74, 6) is -2.67. The van der Waals surface area contributed by atoms with Crippen LogP contribution in [0, 0.1) is 11.8 Å². The molecular formula is C18H11F5N6O2S. The zero-order chi connectivity index (χ0) is 23.0. The topological polar surface area (TPSA) is 87.2 Å². The molecule has 0 saturated carbocycles. The van der Waals surface area contributed by atoms with Gasteiger partial charge in [-0.25, -0.2) is 13.9 Å². The zero-order valence-corrected chi connectivity index (χ0v) is 16.8. The number of halogens is 5. The lowest BCUT2D eigenvalue weighted by atomic mass is 10.1. The first-order chi connectivity index (χ1) is 15.2. The van der Waals surface area contributed by atoms with Gasteiger partial charge < -0.3 is 4.74 Å². The molecule has 0 N–H and O–H groups in total. The van der Waals surface area contributed by atoms with E-state index in [1.165, 1.54) is 19.2 Å². The van der Waals surface area contributed by atoms with Gasteiger partial charge in [-0.05, 0) is 17.7 Å². The molecular weight excluding hydrogens is 459 g/mol. The van der Waals surface area contributed by atoms with E-state index in [-0.39, 0.29) is 16.7 Å². The van der Waals surface area contributed by atoms with E-state index in [1.54, 1.807) is 0 Å². The number of ether oxygens (including phenoxy) is 1. The first-order valence-electron chi connectivity index (χ1n) is 8.71. The van der Waals surface area contributed by atoms with Crippen molar-refractivity contribution in [1.82, 2.24) is 29.4 Å². The van der Waals surface area contributed by atoms with Crippen molar-refractivity contribution in [3.05, 3.63) is 69.9 Å². The molecule has 0 atom stereocenters. The molecule has 0 amide bonds. The Kier molecular flexibility index (Phi) is 5.54. The number of hydrogen-bond donors (Lipinski definition) is 0. The van der Waals surface area contributed by atoms with Gasteiger partial charge in [-0.3, -0.25) is 4.79 Å². The maximum Gasteiger partial charge on any atom is 0.416 e. The molecule has 8 nitrogen and oxygen atoms in total. The Hall–Kier alpha value is -3.55. The zero-order valence-electron chi connectivity index (χ0n) is 16.0. The Morgan fingerprint density at radius 1 is 1.12 bits per heavy atom. The molecule has 0 spiro atoms. The second-order valence-electron chi connectivity index (χ2n) is 6.27. The van der Waals surface area contributed by atoms with Gasteiger partial charge in [0.15, 0.2) is 22.3 Å². The molecule has 4 rings (SSSR count). The van der Waals surface area contributed by atoms with Gasteiger partial charge in [0.05, 0.1) is 25.1 Å². The van der Waals surface area contributed by atoms with E-state index in [2.05, 4.69) is 20.2 Å². The van der Waals surface area contributed by atoms with Gasteiger partial charge in [0.1, 0.15) is 0 Å². The number of nitrogens with zero attached hydrogens (tertiary/aromatic N) is 6. The Bertz CT molecular complexity index is 1350. The molecule has 14 heteroatoms. The molecule has 0 fully saturated rings. The lowest BCUT2D eigenvalue weighted by Crippen LogP contribution is -2.26. The smallest absolute Gasteiger partial charge is 0.416 e. The summed E-state index contributed by atoms with van der Waals surface area (Å²) in [7, 11) is 1.18. The van der Waals surface area contributed by atoms with Gasteiger partial charge in [-0.1, -0.05) is 23.9 Å². The Morgan fingerprint density at radius 2 is 1.84 bits per heavy atom. The molecule has 0 unspecified atom stereocenters. The van der Waals surface area contributed by atoms with Crippen LogP contribution in [-0.4, -0.2) is 36.5 Å². The van der Waals surface area contributed by atoms with Crippen molar-refractivity contribution >= 4 is 17.3 Å². The fourth-order valence-corrected chi connectivity index (χ4v) is 3.66. The number of hydrogen-bond acceptors (Lipinski definition) is 7. The van der Waals surface area contributed by atoms with E-state index in [0.29, 0.717) is 5.56 Å². The van der Waals surface area contributed by atoms with Crippen molar-refractivity contribution in [1.29, 1.82) is 0 Å². The summed E-state index contributed by atoms with van der Waals surface area (Å²) in [6.07, 6.45) is -2.64. The van der Waals surface area contributed by atoms with Crippen LogP contribution in [0.4, 0.5) is 22.0 Å². The predicted molar refractivity (Wildman–Crippen MR) is 102 cm³/mol. The van der Waals surface area contributed by atoms with Gasteiger partial charge in [0.25, 0.3) is 17.4 Å². The number of fused-ring (bicyclic) bond motifs is 1. The summed E-state index contributed by atoms with van der Waals surface area (Å²) in [5, 5.41) is 7.66. The minimum absolute atomic E-state index is 0.0654. The highest BCUT2D eigenvalue weighted by Crippen LogP contribution is 2.30. The van der Waals surface area contributed by atoms with Crippen LogP contribution in [0.1, 0.15) is 11.1 Å². The summed E-state index contributed by atoms with van der Waals surface area (Å²) in [6.45, 7) is 0. The molecule has 32 heavy (non-hydrogen) atoms. The minimum atomic E-state index is -4.47. The summed E-state index contributed by atoms with van der Waals surface area (Å²) < 4.78 is 72.7. The van der Waals surface area contributed by atoms with Gasteiger partial charge >= 0.3 is 6.18 Å². The Morgan fingerprint density at radius 3 is 2.47 bits per heavy atom. The standard InChI is InChI=1S/C18H11F5N6O2S/c1-31-15-14(20)26-12(7-24-15)28-16(30)13-11(19)6-25-29(13)27-17(28)32-8-9-2-4-10(5-3-9)18(21,22)23/h2-7H,8H2,1H3. The number of aromatic nitrogens is 6. The number of thioether (sulfide) groups is 1. The SMILES string of the molecule is COc1ncc(-n2c(SCc3ccc(C(F)(F)F)cc3)nn3ncc(F)c3c2=O)nc1F. The predicted octanol–water partition coefficient (Wildman–Crippen LogP) is 3.27. The largest absolute Gasteiger partial charge is 0.478 e. The quantitative estimate of drug-likeness (QED) is 0.327. The van der Waals surface area contributed by atoms with E-state index in [1.807, 2.05) is 0 Å². The molecule has 166 valence electrons. The van der Waals surface area contributed by atoms with Crippen molar-refractivity contribution in [2.75, 3.05) is 7.11 Å². The van der Waals surface area contributed by atoms with Crippen molar-refractivity contribution in [2.45, 2.75) is 17.1 Å². The third-order valence-electron chi connectivity index (χ3n) is 4.24. The van der Waals surface area contributed by atoms with E-state index in [4.69, 9.17) is 4.74 Å². The maximum atomic E-state index is 14.1. The fraction of sp³-hybridized carbons (Fsp3) is 0.167. The first-order valence-corrected chi connectivity index (χ1v) is 9.70. The molecule has 0 aliphatic carbocycles. The highest BCUT2D eigenvalue weighted by molar-refractivity contribution is 7.98. The number of rotatable bonds is 5. The van der Waals surface area contributed by atoms with Crippen LogP contribution in [0.2, 0.25) is 0 Å². The van der Waals surface area contributed by atoms with Gasteiger partial charge in [0, 0.05) is 5.75 Å². The van der Waals surface area contributed by atoms with Crippen molar-refractivity contribution < 1.29 is 26.7 Å². The van der Waals surface area contributed by atoms with Crippen LogP contribution in [0.15, 0.2) is 46.6 Å². The maximum absolute atomic E-state index is 14.1. The van der Waals surface area contributed by atoms with Crippen LogP contribution in [0.25, 0.3) is 11.3 Å². The monoisotopic (exact) mass is 470 g/mol. The van der Waals surface area contributed by atoms with Crippen molar-refractivity contribution in [3.63, 3.8) is 0 Å². The van der Waals surface area contributed by atoms with Gasteiger partial charge in [0.2, 0.25) is 0 Å². The normalized spacial score (nSPS) is 11.8. The fourth-order valence-electron chi connectivity index (χ4n) is 2.73. The highest BCUT2D eigenvalue weighted by Gasteiger charge is 2.30. The van der Waals surface area contributed by atoms with E-state index in [0.717, 1.165) is 45.5 Å². The third kappa shape index (κ3) is 4.00. The first kappa shape index (κ1) is 21.7. The summed E-state index contributed by atoms with van der Waals surface area (Å²) in [4.78, 5) is 20.3. The number of methoxy groups -OCH3 is 1. The van der Waals surface area contributed by atoms with Gasteiger partial charge in [-0.2, -0.15) is 27.6 Å². The summed E-state index contributed by atoms with van der Waals surface area (Å²) in [6, 6.07) is 4.40. The molecule has 0 saturated heterocycles. The van der Waals surface area contributed by atoms with E-state index >= 15 is 0 Å². The van der Waals surface area contributed by atoms with Gasteiger partial charge in [-0.15, -0.1) is 9.73 Å². The molecule has 4 aromatic rings. The van der Waals surface area contributed by atoms with Crippen molar-refractivity contribution in [2.24, 2.45) is 0 Å². The van der Waals surface area contributed by atoms with Crippen LogP contribution in [0.3, 0.4) is 0 Å². The van der Waals surface area contributed by atoms with Crippen LogP contribution in [-0.2, 0) is 11.9 Å². The number of alkyl halides is 3. The molecule has 0 radical (unpaired) electrons. The van der Waals surface area contributed by atoms with E-state index < -0.39 is 40.5 Å². The van der Waals surface area contributed by atoms with E-state index in [9.17, 15) is 26.7 Å². The molecule has 0 bridgehead atoms. The lowest BCUT2D eigenvalue weighted by Gasteiger charge is -2.12. The summed E-state index contributed by atoms with van der Waals surface area (Å²) >= 11 is 0.928. The van der Waals surface area contributed by atoms with Crippen LogP contribution < -0.4 is 10.3 Å². The summed E-state index contributed by atoms with van der Waals surface area (Å²) in [5.41, 5.74) is -1.74. The van der Waals surface area contributed by atoms with Crippen LogP contribution >= 0.6 is 11.8 Å². The molecule has 1 aromatic carbocycles. The molecule has 3 heterocycles. The second-order valence-corrected chi connectivity index (χ2v) is 7.21. The molecule has 0 aliphatic rings. The minimum Gasteiger partial charge on any atom is -0.478 e. The van der Waals surface area contributed by atoms with Crippen LogP contribution in [0.5, 0.6) is 5.88 Å². The average molecular weight is 470 g/mol. The van der Waals surface area contributed by atoms with Crippen molar-refractivity contribution in [3.8, 4) is 11.7 Å². The Balaban J connectivity index is 1.76. The lowest BCUT2D eigenvalue weighted by molar-refractivity contribution is -0.137. The average Bonchev–Trinajstić information content (AvgIpc) is 3.12. The third-order valence-corrected chi connectivity index (χ3v) is 5.24. The second kappa shape index (κ2) is 8.18. The number of benzene rings is 1. The molecule has 3 aromatic heterocycles. The molecule has 0 aliphatic heterocycles. The Labute approximate surface area is 179 Å².